The van der Waals surface area contributed by atoms with Crippen molar-refractivity contribution < 1.29 is 0 Å². The van der Waals surface area contributed by atoms with Crippen molar-refractivity contribution in [2.24, 2.45) is 5.73 Å². The van der Waals surface area contributed by atoms with Crippen LogP contribution in [0.5, 0.6) is 0 Å². The molecule has 5 heteroatoms. The van der Waals surface area contributed by atoms with Crippen LogP contribution in [0.2, 0.25) is 4.34 Å². The van der Waals surface area contributed by atoms with Gasteiger partial charge in [0.15, 0.2) is 0 Å². The zero-order chi connectivity index (χ0) is 9.97. The lowest BCUT2D eigenvalue weighted by atomic mass is 10.2. The lowest BCUT2D eigenvalue weighted by molar-refractivity contribution is 0.707. The molecule has 2 rings (SSSR count). The SMILES string of the molecule is NC(Cc1ncc[nH]1)c1ccc(Cl)s1. The molecule has 3 nitrogen and oxygen atoms in total. The number of aromatic nitrogens is 2. The number of thiophene rings is 1. The van der Waals surface area contributed by atoms with E-state index in [9.17, 15) is 0 Å². The van der Waals surface area contributed by atoms with Crippen molar-refractivity contribution in [3.63, 3.8) is 0 Å². The molecule has 2 heterocycles. The fourth-order valence-electron chi connectivity index (χ4n) is 1.25. The number of hydrogen-bond donors (Lipinski definition) is 2. The number of H-pyrrole nitrogens is 1. The van der Waals surface area contributed by atoms with Crippen LogP contribution in [0.15, 0.2) is 24.5 Å². The van der Waals surface area contributed by atoms with Crippen molar-refractivity contribution in [3.8, 4) is 0 Å². The van der Waals surface area contributed by atoms with E-state index in [1.165, 1.54) is 11.3 Å². The molecule has 0 fully saturated rings. The molecule has 3 N–H and O–H groups in total. The Morgan fingerprint density at radius 3 is 3.00 bits per heavy atom. The minimum absolute atomic E-state index is 0.0290. The summed E-state index contributed by atoms with van der Waals surface area (Å²) in [4.78, 5) is 8.24. The first-order chi connectivity index (χ1) is 6.75. The lowest BCUT2D eigenvalue weighted by Gasteiger charge is -2.06. The second-order valence-corrected chi connectivity index (χ2v) is 4.74. The van der Waals surface area contributed by atoms with Gasteiger partial charge in [0.1, 0.15) is 5.82 Å². The molecule has 0 bridgehead atoms. The van der Waals surface area contributed by atoms with Gasteiger partial charge in [-0.1, -0.05) is 11.6 Å². The topological polar surface area (TPSA) is 54.7 Å². The fourth-order valence-corrected chi connectivity index (χ4v) is 2.31. The summed E-state index contributed by atoms with van der Waals surface area (Å²) in [5.74, 6) is 0.905. The summed E-state index contributed by atoms with van der Waals surface area (Å²) >= 11 is 7.34. The van der Waals surface area contributed by atoms with Crippen LogP contribution in [-0.2, 0) is 6.42 Å². The molecular formula is C9H10ClN3S. The van der Waals surface area contributed by atoms with Gasteiger partial charge < -0.3 is 10.7 Å². The summed E-state index contributed by atoms with van der Waals surface area (Å²) in [5.41, 5.74) is 5.99. The summed E-state index contributed by atoms with van der Waals surface area (Å²) in [6.45, 7) is 0. The van der Waals surface area contributed by atoms with Crippen molar-refractivity contribution in [1.82, 2.24) is 9.97 Å². The van der Waals surface area contributed by atoms with E-state index in [0.717, 1.165) is 15.0 Å². The number of imidazole rings is 1. The van der Waals surface area contributed by atoms with Crippen LogP contribution < -0.4 is 5.73 Å². The molecule has 14 heavy (non-hydrogen) atoms. The minimum Gasteiger partial charge on any atom is -0.349 e. The lowest BCUT2D eigenvalue weighted by Crippen LogP contribution is -2.12. The van der Waals surface area contributed by atoms with Gasteiger partial charge in [-0.15, -0.1) is 11.3 Å². The Bertz CT molecular complexity index is 396. The number of hydrogen-bond acceptors (Lipinski definition) is 3. The van der Waals surface area contributed by atoms with Crippen molar-refractivity contribution >= 4 is 22.9 Å². The molecule has 2 aromatic rings. The highest BCUT2D eigenvalue weighted by Crippen LogP contribution is 2.26. The van der Waals surface area contributed by atoms with E-state index in [2.05, 4.69) is 9.97 Å². The second kappa shape index (κ2) is 4.13. The van der Waals surface area contributed by atoms with Crippen molar-refractivity contribution in [2.45, 2.75) is 12.5 Å². The summed E-state index contributed by atoms with van der Waals surface area (Å²) in [5, 5.41) is 0. The van der Waals surface area contributed by atoms with E-state index in [-0.39, 0.29) is 6.04 Å². The zero-order valence-corrected chi connectivity index (χ0v) is 8.98. The van der Waals surface area contributed by atoms with E-state index in [0.29, 0.717) is 6.42 Å². The third-order valence-corrected chi connectivity index (χ3v) is 3.29. The van der Waals surface area contributed by atoms with E-state index in [1.807, 2.05) is 12.1 Å². The van der Waals surface area contributed by atoms with Gasteiger partial charge >= 0.3 is 0 Å². The van der Waals surface area contributed by atoms with Crippen LogP contribution >= 0.6 is 22.9 Å². The first-order valence-electron chi connectivity index (χ1n) is 4.25. The molecule has 0 saturated carbocycles. The molecule has 0 aliphatic rings. The molecule has 0 amide bonds. The summed E-state index contributed by atoms with van der Waals surface area (Å²) < 4.78 is 0.773. The number of nitrogens with one attached hydrogen (secondary N) is 1. The van der Waals surface area contributed by atoms with Crippen LogP contribution in [0.4, 0.5) is 0 Å². The molecule has 0 spiro atoms. The molecule has 74 valence electrons. The highest BCUT2D eigenvalue weighted by Gasteiger charge is 2.10. The molecule has 1 atom stereocenters. The molecule has 0 aliphatic carbocycles. The van der Waals surface area contributed by atoms with Crippen LogP contribution in [0.1, 0.15) is 16.7 Å². The standard InChI is InChI=1S/C9H10ClN3S/c10-8-2-1-7(14-8)6(11)5-9-12-3-4-13-9/h1-4,6H,5,11H2,(H,12,13). The highest BCUT2D eigenvalue weighted by molar-refractivity contribution is 7.16. The molecule has 2 aromatic heterocycles. The maximum absolute atomic E-state index is 5.99. The molecule has 1 unspecified atom stereocenters. The van der Waals surface area contributed by atoms with Gasteiger partial charge in [0.25, 0.3) is 0 Å². The first kappa shape index (κ1) is 9.71. The molecule has 0 aromatic carbocycles. The van der Waals surface area contributed by atoms with Crippen LogP contribution in [0.3, 0.4) is 0 Å². The maximum Gasteiger partial charge on any atom is 0.107 e. The normalized spacial score (nSPS) is 13.0. The average molecular weight is 228 g/mol. The monoisotopic (exact) mass is 227 g/mol. The Balaban J connectivity index is 2.06. The van der Waals surface area contributed by atoms with Gasteiger partial charge in [0.05, 0.1) is 4.34 Å². The number of halogens is 1. The molecule has 0 aliphatic heterocycles. The third kappa shape index (κ3) is 2.15. The summed E-state index contributed by atoms with van der Waals surface area (Å²) in [7, 11) is 0. The van der Waals surface area contributed by atoms with Crippen molar-refractivity contribution in [1.29, 1.82) is 0 Å². The van der Waals surface area contributed by atoms with E-state index < -0.39 is 0 Å². The Morgan fingerprint density at radius 1 is 1.57 bits per heavy atom. The Morgan fingerprint density at radius 2 is 2.43 bits per heavy atom. The largest absolute Gasteiger partial charge is 0.349 e. The van der Waals surface area contributed by atoms with E-state index >= 15 is 0 Å². The van der Waals surface area contributed by atoms with Crippen LogP contribution in [0.25, 0.3) is 0 Å². The first-order valence-corrected chi connectivity index (χ1v) is 5.44. The summed E-state index contributed by atoms with van der Waals surface area (Å²) in [6.07, 6.45) is 4.23. The fraction of sp³-hybridized carbons (Fsp3) is 0.222. The zero-order valence-electron chi connectivity index (χ0n) is 7.40. The van der Waals surface area contributed by atoms with Crippen LogP contribution in [-0.4, -0.2) is 9.97 Å². The van der Waals surface area contributed by atoms with Gasteiger partial charge in [-0.05, 0) is 12.1 Å². The van der Waals surface area contributed by atoms with Crippen molar-refractivity contribution in [2.75, 3.05) is 0 Å². The van der Waals surface area contributed by atoms with E-state index in [4.69, 9.17) is 17.3 Å². The average Bonchev–Trinajstić information content (AvgIpc) is 2.75. The van der Waals surface area contributed by atoms with Gasteiger partial charge in [-0.3, -0.25) is 0 Å². The molecule has 0 radical (unpaired) electrons. The Labute approximate surface area is 90.9 Å². The number of nitrogens with two attached hydrogens (primary N) is 1. The maximum atomic E-state index is 5.99. The predicted octanol–water partition coefficient (Wildman–Crippen LogP) is 2.37. The minimum atomic E-state index is -0.0290. The highest BCUT2D eigenvalue weighted by atomic mass is 35.5. The van der Waals surface area contributed by atoms with Gasteiger partial charge in [-0.25, -0.2) is 4.98 Å². The smallest absolute Gasteiger partial charge is 0.107 e. The molecule has 0 saturated heterocycles. The number of rotatable bonds is 3. The number of nitrogens with zero attached hydrogens (tertiary/aromatic N) is 1. The van der Waals surface area contributed by atoms with E-state index in [1.54, 1.807) is 12.4 Å². The Hall–Kier alpha value is -0.840. The quantitative estimate of drug-likeness (QED) is 0.846. The van der Waals surface area contributed by atoms with Gasteiger partial charge in [0, 0.05) is 29.7 Å². The number of aromatic amines is 1. The van der Waals surface area contributed by atoms with Gasteiger partial charge in [0.2, 0.25) is 0 Å². The summed E-state index contributed by atoms with van der Waals surface area (Å²) in [6, 6.07) is 3.79. The predicted molar refractivity (Wildman–Crippen MR) is 58.5 cm³/mol. The Kier molecular flexibility index (Phi) is 2.86. The van der Waals surface area contributed by atoms with Crippen molar-refractivity contribution in [3.05, 3.63) is 39.6 Å². The van der Waals surface area contributed by atoms with Gasteiger partial charge in [-0.2, -0.15) is 0 Å². The van der Waals surface area contributed by atoms with Crippen LogP contribution in [0, 0.1) is 0 Å². The second-order valence-electron chi connectivity index (χ2n) is 2.99. The third-order valence-electron chi connectivity index (χ3n) is 1.93. The molecular weight excluding hydrogens is 218 g/mol.